The van der Waals surface area contributed by atoms with Gasteiger partial charge in [0.2, 0.25) is 5.91 Å². The van der Waals surface area contributed by atoms with Crippen molar-refractivity contribution in [2.24, 2.45) is 5.73 Å². The Hall–Kier alpha value is -1.86. The largest absolute Gasteiger partial charge is 0.489 e. The van der Waals surface area contributed by atoms with Gasteiger partial charge in [0, 0.05) is 12.1 Å². The van der Waals surface area contributed by atoms with Crippen LogP contribution in [-0.2, 0) is 4.79 Å². The summed E-state index contributed by atoms with van der Waals surface area (Å²) in [5, 5.41) is 14.1. The van der Waals surface area contributed by atoms with E-state index in [0.29, 0.717) is 0 Å². The third-order valence-electron chi connectivity index (χ3n) is 3.29. The zero-order valence-corrected chi connectivity index (χ0v) is 12.2. The normalized spacial score (nSPS) is 17.0. The Bertz CT molecular complexity index is 577. The number of carbonyl (C=O) groups excluding carboxylic acids is 1. The lowest BCUT2D eigenvalue weighted by Gasteiger charge is -2.27. The van der Waals surface area contributed by atoms with Gasteiger partial charge in [-0.25, -0.2) is 0 Å². The van der Waals surface area contributed by atoms with E-state index in [4.69, 9.17) is 22.1 Å². The van der Waals surface area contributed by atoms with Crippen LogP contribution in [0.2, 0.25) is 5.02 Å². The predicted molar refractivity (Wildman–Crippen MR) is 77.4 cm³/mol. The third-order valence-corrected chi connectivity index (χ3v) is 3.60. The fraction of sp³-hybridized carbons (Fsp3) is 0.462. The molecule has 0 bridgehead atoms. The highest BCUT2D eigenvalue weighted by atomic mass is 35.5. The number of amides is 1. The van der Waals surface area contributed by atoms with E-state index in [1.54, 1.807) is 6.92 Å². The highest BCUT2D eigenvalue weighted by Gasteiger charge is 2.38. The fourth-order valence-corrected chi connectivity index (χ4v) is 1.97. The Balaban J connectivity index is 2.11. The second-order valence-electron chi connectivity index (χ2n) is 5.28. The van der Waals surface area contributed by atoms with E-state index < -0.39 is 16.4 Å². The molecular formula is C13H16ClN3O4. The summed E-state index contributed by atoms with van der Waals surface area (Å²) in [4.78, 5) is 21.8. The van der Waals surface area contributed by atoms with Gasteiger partial charge in [-0.2, -0.15) is 0 Å². The molecule has 1 atom stereocenters. The molecule has 0 saturated heterocycles. The molecule has 1 fully saturated rings. The first-order valence-corrected chi connectivity index (χ1v) is 6.84. The maximum Gasteiger partial charge on any atom is 0.273 e. The molecule has 7 nitrogen and oxygen atoms in total. The number of nitrogens with zero attached hydrogens (tertiary/aromatic N) is 1. The molecule has 0 heterocycles. The summed E-state index contributed by atoms with van der Waals surface area (Å²) in [7, 11) is 0. The van der Waals surface area contributed by atoms with E-state index >= 15 is 0 Å². The molecular weight excluding hydrogens is 298 g/mol. The number of nitro benzene ring substituents is 1. The van der Waals surface area contributed by atoms with Gasteiger partial charge in [-0.1, -0.05) is 11.6 Å². The minimum Gasteiger partial charge on any atom is -0.489 e. The number of benzene rings is 1. The Morgan fingerprint density at radius 2 is 2.29 bits per heavy atom. The van der Waals surface area contributed by atoms with Crippen molar-refractivity contribution in [3.8, 4) is 5.75 Å². The highest BCUT2D eigenvalue weighted by Crippen LogP contribution is 2.30. The molecule has 8 heteroatoms. The Morgan fingerprint density at radius 1 is 1.62 bits per heavy atom. The molecule has 0 aliphatic heterocycles. The second-order valence-corrected chi connectivity index (χ2v) is 5.68. The van der Waals surface area contributed by atoms with Crippen LogP contribution in [0.3, 0.4) is 0 Å². The number of ether oxygens (including phenoxy) is 1. The average molecular weight is 314 g/mol. The number of non-ortho nitro benzene ring substituents is 1. The van der Waals surface area contributed by atoms with Crippen LogP contribution < -0.4 is 15.8 Å². The van der Waals surface area contributed by atoms with Gasteiger partial charge in [0.15, 0.2) is 0 Å². The van der Waals surface area contributed by atoms with Gasteiger partial charge < -0.3 is 10.5 Å². The van der Waals surface area contributed by atoms with Gasteiger partial charge in [-0.15, -0.1) is 0 Å². The lowest BCUT2D eigenvalue weighted by atomic mass is 10.0. The number of halogens is 1. The van der Waals surface area contributed by atoms with Crippen molar-refractivity contribution in [2.45, 2.75) is 31.3 Å². The number of carbonyl (C=O) groups is 1. The van der Waals surface area contributed by atoms with Gasteiger partial charge in [0.1, 0.15) is 17.9 Å². The van der Waals surface area contributed by atoms with Gasteiger partial charge in [0.05, 0.1) is 16.0 Å². The third kappa shape index (κ3) is 3.83. The summed E-state index contributed by atoms with van der Waals surface area (Å²) >= 11 is 5.94. The molecule has 1 saturated carbocycles. The molecule has 1 aliphatic rings. The van der Waals surface area contributed by atoms with E-state index in [1.165, 1.54) is 18.2 Å². The van der Waals surface area contributed by atoms with Crippen molar-refractivity contribution in [2.75, 3.05) is 6.61 Å². The maximum atomic E-state index is 11.6. The molecule has 0 radical (unpaired) electrons. The van der Waals surface area contributed by atoms with Crippen LogP contribution in [0.5, 0.6) is 5.75 Å². The van der Waals surface area contributed by atoms with Crippen molar-refractivity contribution in [3.05, 3.63) is 33.3 Å². The van der Waals surface area contributed by atoms with Crippen LogP contribution in [0, 0.1) is 10.1 Å². The van der Waals surface area contributed by atoms with Gasteiger partial charge in [-0.05, 0) is 25.8 Å². The van der Waals surface area contributed by atoms with Crippen LogP contribution in [0.15, 0.2) is 18.2 Å². The zero-order chi connectivity index (χ0) is 15.6. The Labute approximate surface area is 126 Å². The van der Waals surface area contributed by atoms with E-state index in [1.807, 2.05) is 0 Å². The van der Waals surface area contributed by atoms with Gasteiger partial charge in [0.25, 0.3) is 5.69 Å². The SMILES string of the molecule is CC(COc1cc([N+](=O)[O-])ccc1Cl)(NC1CC1)C(N)=O. The second kappa shape index (κ2) is 5.87. The highest BCUT2D eigenvalue weighted by molar-refractivity contribution is 6.32. The molecule has 0 aromatic heterocycles. The summed E-state index contributed by atoms with van der Waals surface area (Å²) in [5.74, 6) is -0.396. The van der Waals surface area contributed by atoms with Gasteiger partial charge >= 0.3 is 0 Å². The van der Waals surface area contributed by atoms with Crippen LogP contribution in [0.4, 0.5) is 5.69 Å². The molecule has 1 unspecified atom stereocenters. The topological polar surface area (TPSA) is 107 Å². The quantitative estimate of drug-likeness (QED) is 0.587. The molecule has 114 valence electrons. The number of primary amides is 1. The minimum absolute atomic E-state index is 0.0558. The summed E-state index contributed by atoms with van der Waals surface area (Å²) in [6, 6.07) is 4.14. The maximum absolute atomic E-state index is 11.6. The first-order chi connectivity index (χ1) is 9.82. The first kappa shape index (κ1) is 15.5. The minimum atomic E-state index is -1.05. The molecule has 3 N–H and O–H groups in total. The van der Waals surface area contributed by atoms with E-state index in [2.05, 4.69) is 5.32 Å². The molecule has 0 spiro atoms. The molecule has 1 aromatic carbocycles. The van der Waals surface area contributed by atoms with Crippen molar-refractivity contribution in [1.29, 1.82) is 0 Å². The van der Waals surface area contributed by atoms with Crippen LogP contribution in [0.1, 0.15) is 19.8 Å². The molecule has 2 rings (SSSR count). The number of nitrogens with one attached hydrogen (secondary N) is 1. The summed E-state index contributed by atoms with van der Waals surface area (Å²) in [5.41, 5.74) is 4.22. The number of hydrogen-bond acceptors (Lipinski definition) is 5. The summed E-state index contributed by atoms with van der Waals surface area (Å²) in [6.07, 6.45) is 1.97. The van der Waals surface area contributed by atoms with Crippen molar-refractivity contribution in [1.82, 2.24) is 5.32 Å². The fourth-order valence-electron chi connectivity index (χ4n) is 1.80. The van der Waals surface area contributed by atoms with Crippen molar-refractivity contribution < 1.29 is 14.5 Å². The number of rotatable bonds is 7. The lowest BCUT2D eigenvalue weighted by Crippen LogP contribution is -2.57. The number of hydrogen-bond donors (Lipinski definition) is 2. The van der Waals surface area contributed by atoms with E-state index in [-0.39, 0.29) is 29.1 Å². The Kier molecular flexibility index (Phi) is 4.34. The Morgan fingerprint density at radius 3 is 2.81 bits per heavy atom. The van der Waals surface area contributed by atoms with E-state index in [9.17, 15) is 14.9 Å². The predicted octanol–water partition coefficient (Wildman–Crippen LogP) is 1.62. The van der Waals surface area contributed by atoms with Crippen LogP contribution >= 0.6 is 11.6 Å². The molecule has 1 aliphatic carbocycles. The van der Waals surface area contributed by atoms with Crippen molar-refractivity contribution >= 4 is 23.2 Å². The average Bonchev–Trinajstić information content (AvgIpc) is 3.21. The number of nitrogens with two attached hydrogens (primary N) is 1. The van der Waals surface area contributed by atoms with Crippen LogP contribution in [-0.4, -0.2) is 29.0 Å². The zero-order valence-electron chi connectivity index (χ0n) is 11.5. The lowest BCUT2D eigenvalue weighted by molar-refractivity contribution is -0.384. The molecule has 1 aromatic rings. The summed E-state index contributed by atoms with van der Waals surface area (Å²) in [6.45, 7) is 1.58. The first-order valence-electron chi connectivity index (χ1n) is 6.46. The number of nitro groups is 1. The van der Waals surface area contributed by atoms with Crippen LogP contribution in [0.25, 0.3) is 0 Å². The smallest absolute Gasteiger partial charge is 0.273 e. The monoisotopic (exact) mass is 313 g/mol. The molecule has 21 heavy (non-hydrogen) atoms. The standard InChI is InChI=1S/C13H16ClN3O4/c1-13(12(15)18,16-8-2-3-8)7-21-11-6-9(17(19)20)4-5-10(11)14/h4-6,8,16H,2-3,7H2,1H3,(H2,15,18). The van der Waals surface area contributed by atoms with Gasteiger partial charge in [-0.3, -0.25) is 20.2 Å². The van der Waals surface area contributed by atoms with E-state index in [0.717, 1.165) is 12.8 Å². The molecule has 1 amide bonds. The summed E-state index contributed by atoms with van der Waals surface area (Å²) < 4.78 is 5.48. The van der Waals surface area contributed by atoms with Crippen molar-refractivity contribution in [3.63, 3.8) is 0 Å².